The van der Waals surface area contributed by atoms with Gasteiger partial charge in [0, 0.05) is 5.69 Å². The van der Waals surface area contributed by atoms with Crippen molar-refractivity contribution in [2.45, 2.75) is 13.0 Å². The van der Waals surface area contributed by atoms with Gasteiger partial charge in [-0.05, 0) is 17.7 Å². The number of carbonyl (C=O) groups excluding carboxylic acids is 3. The SMILES string of the molecule is COC(=O)NNC(=O)CC(=O)Nc1ccc(COO)cc1. The molecule has 1 aromatic rings. The second-order valence-corrected chi connectivity index (χ2v) is 3.86. The molecular formula is C12H15N3O6. The highest BCUT2D eigenvalue weighted by Gasteiger charge is 2.10. The van der Waals surface area contributed by atoms with E-state index in [0.717, 1.165) is 12.7 Å². The molecule has 114 valence electrons. The molecule has 0 fully saturated rings. The maximum Gasteiger partial charge on any atom is 0.425 e. The Labute approximate surface area is 120 Å². The number of hydrogen-bond donors (Lipinski definition) is 4. The van der Waals surface area contributed by atoms with Gasteiger partial charge in [-0.3, -0.25) is 20.3 Å². The number of amides is 3. The summed E-state index contributed by atoms with van der Waals surface area (Å²) in [5.41, 5.74) is 5.15. The van der Waals surface area contributed by atoms with Crippen LogP contribution in [0, 0.1) is 0 Å². The normalized spacial score (nSPS) is 9.62. The molecule has 0 unspecified atom stereocenters. The van der Waals surface area contributed by atoms with Crippen LogP contribution in [-0.2, 0) is 25.8 Å². The lowest BCUT2D eigenvalue weighted by molar-refractivity contribution is -0.253. The van der Waals surface area contributed by atoms with Crippen LogP contribution >= 0.6 is 0 Å². The Balaban J connectivity index is 2.39. The maximum atomic E-state index is 11.6. The highest BCUT2D eigenvalue weighted by molar-refractivity contribution is 6.03. The summed E-state index contributed by atoms with van der Waals surface area (Å²) in [4.78, 5) is 37.6. The second kappa shape index (κ2) is 8.51. The van der Waals surface area contributed by atoms with Gasteiger partial charge in [-0.2, -0.15) is 0 Å². The zero-order valence-electron chi connectivity index (χ0n) is 11.2. The van der Waals surface area contributed by atoms with Crippen LogP contribution in [0.1, 0.15) is 12.0 Å². The van der Waals surface area contributed by atoms with Crippen LogP contribution in [0.15, 0.2) is 24.3 Å². The molecule has 0 saturated heterocycles. The van der Waals surface area contributed by atoms with E-state index in [-0.39, 0.29) is 6.61 Å². The smallest absolute Gasteiger partial charge is 0.425 e. The molecule has 21 heavy (non-hydrogen) atoms. The zero-order chi connectivity index (χ0) is 15.7. The van der Waals surface area contributed by atoms with Gasteiger partial charge in [0.15, 0.2) is 0 Å². The molecule has 0 radical (unpaired) electrons. The summed E-state index contributed by atoms with van der Waals surface area (Å²) in [5.74, 6) is -1.24. The predicted molar refractivity (Wildman–Crippen MR) is 70.8 cm³/mol. The van der Waals surface area contributed by atoms with Crippen LogP contribution in [0.25, 0.3) is 0 Å². The van der Waals surface area contributed by atoms with E-state index in [4.69, 9.17) is 5.26 Å². The van der Waals surface area contributed by atoms with Gasteiger partial charge in [0.1, 0.15) is 13.0 Å². The van der Waals surface area contributed by atoms with Crippen molar-refractivity contribution in [3.8, 4) is 0 Å². The van der Waals surface area contributed by atoms with Crippen LogP contribution in [0.3, 0.4) is 0 Å². The molecule has 1 aromatic carbocycles. The summed E-state index contributed by atoms with van der Waals surface area (Å²) in [7, 11) is 1.14. The van der Waals surface area contributed by atoms with Crippen molar-refractivity contribution >= 4 is 23.6 Å². The lowest BCUT2D eigenvalue weighted by Crippen LogP contribution is -2.42. The molecule has 1 rings (SSSR count). The number of benzene rings is 1. The Morgan fingerprint density at radius 2 is 1.76 bits per heavy atom. The van der Waals surface area contributed by atoms with Crippen LogP contribution < -0.4 is 16.2 Å². The van der Waals surface area contributed by atoms with Crippen LogP contribution in [0.5, 0.6) is 0 Å². The minimum absolute atomic E-state index is 0.0375. The van der Waals surface area contributed by atoms with Gasteiger partial charge in [0.25, 0.3) is 0 Å². The molecule has 9 nitrogen and oxygen atoms in total. The predicted octanol–water partition coefficient (Wildman–Crippen LogP) is 0.392. The Morgan fingerprint density at radius 1 is 1.10 bits per heavy atom. The van der Waals surface area contributed by atoms with E-state index in [2.05, 4.69) is 14.9 Å². The highest BCUT2D eigenvalue weighted by Crippen LogP contribution is 2.10. The van der Waals surface area contributed by atoms with Gasteiger partial charge in [-0.25, -0.2) is 15.1 Å². The van der Waals surface area contributed by atoms with Crippen molar-refractivity contribution in [3.05, 3.63) is 29.8 Å². The molecule has 0 aromatic heterocycles. The van der Waals surface area contributed by atoms with Gasteiger partial charge in [-0.15, -0.1) is 0 Å². The van der Waals surface area contributed by atoms with E-state index in [1.807, 2.05) is 10.9 Å². The van der Waals surface area contributed by atoms with E-state index in [9.17, 15) is 14.4 Å². The molecule has 0 spiro atoms. The molecule has 0 aliphatic rings. The fraction of sp³-hybridized carbons (Fsp3) is 0.250. The minimum atomic E-state index is -0.842. The number of hydrazine groups is 1. The largest absolute Gasteiger partial charge is 0.452 e. The first-order chi connectivity index (χ1) is 10.0. The van der Waals surface area contributed by atoms with Crippen molar-refractivity contribution < 1.29 is 29.3 Å². The first-order valence-corrected chi connectivity index (χ1v) is 5.83. The molecule has 0 aliphatic carbocycles. The summed E-state index contributed by atoms with van der Waals surface area (Å²) in [5, 5.41) is 10.8. The Morgan fingerprint density at radius 3 is 2.33 bits per heavy atom. The number of rotatable bonds is 5. The quantitative estimate of drug-likeness (QED) is 0.354. The third kappa shape index (κ3) is 6.36. The Bertz CT molecular complexity index is 502. The maximum absolute atomic E-state index is 11.6. The summed E-state index contributed by atoms with van der Waals surface area (Å²) < 4.78 is 4.24. The van der Waals surface area contributed by atoms with Gasteiger partial charge < -0.3 is 10.1 Å². The van der Waals surface area contributed by atoms with Crippen LogP contribution in [0.2, 0.25) is 0 Å². The molecule has 3 amide bonds. The topological polar surface area (TPSA) is 126 Å². The monoisotopic (exact) mass is 297 g/mol. The van der Waals surface area contributed by atoms with Crippen molar-refractivity contribution in [3.63, 3.8) is 0 Å². The van der Waals surface area contributed by atoms with Gasteiger partial charge >= 0.3 is 6.09 Å². The molecule has 0 saturated carbocycles. The molecule has 0 heterocycles. The molecule has 9 heteroatoms. The first kappa shape index (κ1) is 16.4. The molecule has 0 atom stereocenters. The molecule has 4 N–H and O–H groups in total. The van der Waals surface area contributed by atoms with Gasteiger partial charge in [-0.1, -0.05) is 12.1 Å². The first-order valence-electron chi connectivity index (χ1n) is 5.83. The summed E-state index contributed by atoms with van der Waals surface area (Å²) in [6.45, 7) is 0.0375. The van der Waals surface area contributed by atoms with Crippen molar-refractivity contribution in [1.29, 1.82) is 0 Å². The number of methoxy groups -OCH3 is 1. The Hall–Kier alpha value is -2.65. The number of ether oxygens (including phenoxy) is 1. The number of hydrogen-bond acceptors (Lipinski definition) is 6. The molecule has 0 aliphatic heterocycles. The van der Waals surface area contributed by atoms with Crippen LogP contribution in [-0.4, -0.2) is 30.3 Å². The third-order valence-corrected chi connectivity index (χ3v) is 2.28. The van der Waals surface area contributed by atoms with Crippen LogP contribution in [0.4, 0.5) is 10.5 Å². The molecule has 0 bridgehead atoms. The fourth-order valence-electron chi connectivity index (χ4n) is 1.33. The number of carbonyl (C=O) groups is 3. The lowest BCUT2D eigenvalue weighted by Gasteiger charge is -2.07. The zero-order valence-corrected chi connectivity index (χ0v) is 11.2. The standard InChI is InChI=1S/C12H15N3O6/c1-20-12(18)15-14-11(17)6-10(16)13-9-4-2-8(3-5-9)7-21-19/h2-5,19H,6-7H2,1H3,(H,13,16)(H,14,17)(H,15,18). The van der Waals surface area contributed by atoms with E-state index in [1.165, 1.54) is 0 Å². The summed E-state index contributed by atoms with van der Waals surface area (Å²) >= 11 is 0. The van der Waals surface area contributed by atoms with Gasteiger partial charge in [0.2, 0.25) is 11.8 Å². The minimum Gasteiger partial charge on any atom is -0.452 e. The average Bonchev–Trinajstić information content (AvgIpc) is 2.47. The van der Waals surface area contributed by atoms with Crippen molar-refractivity contribution in [2.24, 2.45) is 0 Å². The molecular weight excluding hydrogens is 282 g/mol. The third-order valence-electron chi connectivity index (χ3n) is 2.28. The van der Waals surface area contributed by atoms with E-state index in [0.29, 0.717) is 5.69 Å². The lowest BCUT2D eigenvalue weighted by atomic mass is 10.2. The average molecular weight is 297 g/mol. The van der Waals surface area contributed by atoms with E-state index < -0.39 is 24.3 Å². The Kier molecular flexibility index (Phi) is 6.65. The number of nitrogens with one attached hydrogen (secondary N) is 3. The fourth-order valence-corrected chi connectivity index (χ4v) is 1.33. The summed E-state index contributed by atoms with van der Waals surface area (Å²) in [6, 6.07) is 6.48. The van der Waals surface area contributed by atoms with E-state index in [1.54, 1.807) is 24.3 Å². The summed E-state index contributed by atoms with van der Waals surface area (Å²) in [6.07, 6.45) is -1.31. The van der Waals surface area contributed by atoms with Crippen molar-refractivity contribution in [1.82, 2.24) is 10.9 Å². The van der Waals surface area contributed by atoms with Crippen molar-refractivity contribution in [2.75, 3.05) is 12.4 Å². The highest BCUT2D eigenvalue weighted by atomic mass is 17.1. The number of anilines is 1. The van der Waals surface area contributed by atoms with E-state index >= 15 is 0 Å². The van der Waals surface area contributed by atoms with Gasteiger partial charge in [0.05, 0.1) is 7.11 Å². The second-order valence-electron chi connectivity index (χ2n) is 3.86.